The highest BCUT2D eigenvalue weighted by Crippen LogP contribution is 2.28. The number of hydrogen-bond acceptors (Lipinski definition) is 4. The largest absolute Gasteiger partial charge is 0.495 e. The number of carbonyl (C=O) groups excluding carboxylic acids is 1. The Balaban J connectivity index is 2.27. The molecule has 0 saturated carbocycles. The molecule has 2 aromatic rings. The fourth-order valence-corrected chi connectivity index (χ4v) is 4.37. The average Bonchev–Trinajstić information content (AvgIpc) is 2.67. The molecule has 27 heavy (non-hydrogen) atoms. The van der Waals surface area contributed by atoms with E-state index in [0.29, 0.717) is 24.7 Å². The van der Waals surface area contributed by atoms with E-state index in [1.54, 1.807) is 26.0 Å². The molecule has 0 saturated heterocycles. The lowest BCUT2D eigenvalue weighted by molar-refractivity contribution is 0.0950. The van der Waals surface area contributed by atoms with E-state index in [1.165, 1.54) is 29.6 Å². The topological polar surface area (TPSA) is 75.7 Å². The summed E-state index contributed by atoms with van der Waals surface area (Å²) in [5.74, 6) is -0.167. The van der Waals surface area contributed by atoms with Gasteiger partial charge in [0, 0.05) is 30.2 Å². The molecule has 0 unspecified atom stereocenters. The molecule has 2 aromatic carbocycles. The van der Waals surface area contributed by atoms with Crippen LogP contribution in [0, 0.1) is 0 Å². The molecule has 0 heterocycles. The molecule has 0 fully saturated rings. The van der Waals surface area contributed by atoms with Crippen molar-refractivity contribution in [1.82, 2.24) is 9.62 Å². The quantitative estimate of drug-likeness (QED) is 0.724. The summed E-state index contributed by atoms with van der Waals surface area (Å²) in [5.41, 5.74) is 1.13. The van der Waals surface area contributed by atoms with Crippen LogP contribution in [0.5, 0.6) is 5.75 Å². The lowest BCUT2D eigenvalue weighted by Crippen LogP contribution is -2.31. The Hall–Kier alpha value is -2.09. The number of methoxy groups -OCH3 is 1. The van der Waals surface area contributed by atoms with E-state index in [-0.39, 0.29) is 22.1 Å². The first-order chi connectivity index (χ1) is 12.8. The Kier molecular flexibility index (Phi) is 7.24. The fraction of sp³-hybridized carbons (Fsp3) is 0.316. The molecule has 0 spiro atoms. The van der Waals surface area contributed by atoms with Gasteiger partial charge in [0.25, 0.3) is 5.91 Å². The van der Waals surface area contributed by atoms with Gasteiger partial charge in [0.2, 0.25) is 10.0 Å². The predicted octanol–water partition coefficient (Wildman–Crippen LogP) is 3.31. The molecule has 146 valence electrons. The van der Waals surface area contributed by atoms with Crippen molar-refractivity contribution in [3.05, 3.63) is 58.6 Å². The molecule has 0 aromatic heterocycles. The Morgan fingerprint density at radius 1 is 1.11 bits per heavy atom. The minimum atomic E-state index is -3.76. The number of hydrogen-bond donors (Lipinski definition) is 1. The summed E-state index contributed by atoms with van der Waals surface area (Å²) < 4.78 is 32.2. The van der Waals surface area contributed by atoms with Crippen molar-refractivity contribution in [3.8, 4) is 5.75 Å². The molecular formula is C19H23ClN2O4S. The van der Waals surface area contributed by atoms with Crippen LogP contribution in [0.15, 0.2) is 47.4 Å². The summed E-state index contributed by atoms with van der Waals surface area (Å²) in [6.07, 6.45) is 0. The summed E-state index contributed by atoms with van der Waals surface area (Å²) in [6, 6.07) is 11.5. The van der Waals surface area contributed by atoms with Crippen LogP contribution in [-0.2, 0) is 16.6 Å². The first-order valence-corrected chi connectivity index (χ1v) is 10.4. The van der Waals surface area contributed by atoms with Gasteiger partial charge in [-0.05, 0) is 35.9 Å². The minimum Gasteiger partial charge on any atom is -0.495 e. The summed E-state index contributed by atoms with van der Waals surface area (Å²) >= 11 is 5.85. The highest BCUT2D eigenvalue weighted by molar-refractivity contribution is 7.89. The molecule has 0 aliphatic heterocycles. The van der Waals surface area contributed by atoms with Crippen LogP contribution in [-0.4, -0.2) is 38.8 Å². The third kappa shape index (κ3) is 5.00. The first-order valence-electron chi connectivity index (χ1n) is 8.54. The molecular weight excluding hydrogens is 388 g/mol. The zero-order valence-electron chi connectivity index (χ0n) is 15.5. The van der Waals surface area contributed by atoms with Crippen LogP contribution in [0.1, 0.15) is 29.8 Å². The van der Waals surface area contributed by atoms with Gasteiger partial charge < -0.3 is 10.1 Å². The maximum Gasteiger partial charge on any atom is 0.251 e. The number of sulfonamides is 1. The Morgan fingerprint density at radius 2 is 1.74 bits per heavy atom. The first kappa shape index (κ1) is 21.2. The van der Waals surface area contributed by atoms with E-state index in [1.807, 2.05) is 12.1 Å². The Bertz CT molecular complexity index is 894. The summed E-state index contributed by atoms with van der Waals surface area (Å²) in [7, 11) is -2.36. The van der Waals surface area contributed by atoms with E-state index < -0.39 is 10.0 Å². The molecule has 6 nitrogen and oxygen atoms in total. The Morgan fingerprint density at radius 3 is 2.30 bits per heavy atom. The van der Waals surface area contributed by atoms with Gasteiger partial charge in [-0.3, -0.25) is 4.79 Å². The van der Waals surface area contributed by atoms with Crippen molar-refractivity contribution in [1.29, 1.82) is 0 Å². The van der Waals surface area contributed by atoms with Gasteiger partial charge in [-0.25, -0.2) is 8.42 Å². The minimum absolute atomic E-state index is 0.0205. The molecule has 0 bridgehead atoms. The molecule has 2 rings (SSSR count). The van der Waals surface area contributed by atoms with Gasteiger partial charge in [0.05, 0.1) is 7.11 Å². The molecule has 1 amide bonds. The second-order valence-corrected chi connectivity index (χ2v) is 8.11. The highest BCUT2D eigenvalue weighted by atomic mass is 35.5. The number of ether oxygens (including phenoxy) is 1. The number of rotatable bonds is 8. The second kappa shape index (κ2) is 9.21. The second-order valence-electron chi connectivity index (χ2n) is 5.76. The van der Waals surface area contributed by atoms with Crippen LogP contribution in [0.2, 0.25) is 5.02 Å². The highest BCUT2D eigenvalue weighted by Gasteiger charge is 2.26. The summed E-state index contributed by atoms with van der Waals surface area (Å²) in [6.45, 7) is 4.48. The van der Waals surface area contributed by atoms with Gasteiger partial charge in [0.1, 0.15) is 10.6 Å². The van der Waals surface area contributed by atoms with Gasteiger partial charge in [-0.15, -0.1) is 0 Å². The average molecular weight is 411 g/mol. The van der Waals surface area contributed by atoms with Gasteiger partial charge in [0.15, 0.2) is 0 Å². The van der Waals surface area contributed by atoms with Gasteiger partial charge in [-0.1, -0.05) is 37.6 Å². The van der Waals surface area contributed by atoms with E-state index in [2.05, 4.69) is 5.32 Å². The third-order valence-corrected chi connectivity index (χ3v) is 6.44. The zero-order chi connectivity index (χ0) is 20.0. The van der Waals surface area contributed by atoms with Crippen LogP contribution in [0.3, 0.4) is 0 Å². The van der Waals surface area contributed by atoms with Crippen molar-refractivity contribution < 1.29 is 17.9 Å². The number of amides is 1. The van der Waals surface area contributed by atoms with Crippen LogP contribution in [0.25, 0.3) is 0 Å². The van der Waals surface area contributed by atoms with Crippen LogP contribution in [0.4, 0.5) is 0 Å². The zero-order valence-corrected chi connectivity index (χ0v) is 17.1. The Labute approximate surface area is 165 Å². The number of nitrogens with one attached hydrogen (secondary N) is 1. The third-order valence-electron chi connectivity index (χ3n) is 4.12. The van der Waals surface area contributed by atoms with Crippen molar-refractivity contribution in [2.75, 3.05) is 20.2 Å². The predicted molar refractivity (Wildman–Crippen MR) is 106 cm³/mol. The fourth-order valence-electron chi connectivity index (χ4n) is 2.61. The lowest BCUT2D eigenvalue weighted by atomic mass is 10.2. The van der Waals surface area contributed by atoms with Crippen molar-refractivity contribution >= 4 is 27.5 Å². The van der Waals surface area contributed by atoms with Crippen molar-refractivity contribution in [2.45, 2.75) is 25.3 Å². The van der Waals surface area contributed by atoms with Crippen LogP contribution < -0.4 is 10.1 Å². The van der Waals surface area contributed by atoms with Crippen molar-refractivity contribution in [3.63, 3.8) is 0 Å². The van der Waals surface area contributed by atoms with Crippen molar-refractivity contribution in [2.24, 2.45) is 0 Å². The van der Waals surface area contributed by atoms with E-state index in [9.17, 15) is 13.2 Å². The molecule has 8 heteroatoms. The standard InChI is InChI=1S/C19H23ClN2O4S/c1-4-22(5-2)27(24,25)18-12-15(8-11-17(18)26-3)19(23)21-13-14-6-9-16(20)10-7-14/h6-12H,4-5,13H2,1-3H3,(H,21,23). The SMILES string of the molecule is CCN(CC)S(=O)(=O)c1cc(C(=O)NCc2ccc(Cl)cc2)ccc1OC. The molecule has 0 atom stereocenters. The monoisotopic (exact) mass is 410 g/mol. The maximum absolute atomic E-state index is 12.9. The number of nitrogens with zero attached hydrogens (tertiary/aromatic N) is 1. The summed E-state index contributed by atoms with van der Waals surface area (Å²) in [5, 5.41) is 3.39. The number of halogens is 1. The van der Waals surface area contributed by atoms with Crippen LogP contribution >= 0.6 is 11.6 Å². The maximum atomic E-state index is 12.9. The molecule has 0 aliphatic rings. The molecule has 0 aliphatic carbocycles. The van der Waals surface area contributed by atoms with E-state index in [0.717, 1.165) is 5.56 Å². The number of carbonyl (C=O) groups is 1. The molecule has 1 N–H and O–H groups in total. The van der Waals surface area contributed by atoms with Gasteiger partial charge in [-0.2, -0.15) is 4.31 Å². The lowest BCUT2D eigenvalue weighted by Gasteiger charge is -2.20. The van der Waals surface area contributed by atoms with E-state index >= 15 is 0 Å². The smallest absolute Gasteiger partial charge is 0.251 e. The molecule has 0 radical (unpaired) electrons. The van der Waals surface area contributed by atoms with Gasteiger partial charge >= 0.3 is 0 Å². The van der Waals surface area contributed by atoms with E-state index in [4.69, 9.17) is 16.3 Å². The normalized spacial score (nSPS) is 11.4. The summed E-state index contributed by atoms with van der Waals surface area (Å²) in [4.78, 5) is 12.5. The number of benzene rings is 2.